The van der Waals surface area contributed by atoms with Crippen LogP contribution < -0.4 is 29.1 Å². The first-order valence-electron chi connectivity index (χ1n) is 14.4. The Balaban J connectivity index is 1.54. The predicted molar refractivity (Wildman–Crippen MR) is 184 cm³/mol. The normalized spacial score (nSPS) is 14.6. The predicted octanol–water partition coefficient (Wildman–Crippen LogP) is 7.24. The highest BCUT2D eigenvalue weighted by Crippen LogP contribution is 2.37. The Kier molecular flexibility index (Phi) is 10.6. The van der Waals surface area contributed by atoms with E-state index < -0.39 is 12.0 Å². The fourth-order valence-electron chi connectivity index (χ4n) is 4.98. The van der Waals surface area contributed by atoms with Gasteiger partial charge in [0.1, 0.15) is 12.4 Å². The van der Waals surface area contributed by atoms with Gasteiger partial charge in [0.25, 0.3) is 5.56 Å². The summed E-state index contributed by atoms with van der Waals surface area (Å²) in [7, 11) is 1.55. The quantitative estimate of drug-likeness (QED) is 0.159. The van der Waals surface area contributed by atoms with Crippen LogP contribution in [0.15, 0.2) is 80.1 Å². The summed E-state index contributed by atoms with van der Waals surface area (Å²) < 4.78 is 25.6. The molecule has 3 aromatic carbocycles. The summed E-state index contributed by atoms with van der Waals surface area (Å²) in [5.41, 5.74) is 2.69. The average Bonchev–Trinajstić information content (AvgIpc) is 3.30. The number of carbonyl (C=O) groups is 1. The zero-order valence-corrected chi connectivity index (χ0v) is 29.6. The number of hydrogen-bond acceptors (Lipinski definition) is 8. The molecule has 8 nitrogen and oxygen atoms in total. The molecule has 46 heavy (non-hydrogen) atoms. The Bertz CT molecular complexity index is 2020. The summed E-state index contributed by atoms with van der Waals surface area (Å²) in [5.74, 6) is 1.11. The highest BCUT2D eigenvalue weighted by molar-refractivity contribution is 9.10. The molecule has 2 heterocycles. The first-order chi connectivity index (χ1) is 22.0. The fourth-order valence-corrected chi connectivity index (χ4v) is 7.00. The van der Waals surface area contributed by atoms with Gasteiger partial charge in [-0.15, -0.1) is 0 Å². The van der Waals surface area contributed by atoms with Crippen molar-refractivity contribution in [2.75, 3.05) is 13.7 Å². The van der Waals surface area contributed by atoms with Crippen LogP contribution in [0.25, 0.3) is 6.08 Å². The van der Waals surface area contributed by atoms with Gasteiger partial charge in [-0.05, 0) is 97.2 Å². The molecule has 1 atom stereocenters. The molecule has 0 N–H and O–H groups in total. The molecule has 240 valence electrons. The molecular formula is C34H31BrCl2N2O6S. The fraction of sp³-hybridized carbons (Fsp3) is 0.265. The molecule has 4 aromatic rings. The van der Waals surface area contributed by atoms with Crippen molar-refractivity contribution in [1.82, 2.24) is 4.57 Å². The van der Waals surface area contributed by atoms with Crippen molar-refractivity contribution in [3.63, 3.8) is 0 Å². The van der Waals surface area contributed by atoms with Gasteiger partial charge in [-0.1, -0.05) is 52.7 Å². The molecule has 0 saturated heterocycles. The second-order valence-electron chi connectivity index (χ2n) is 10.6. The van der Waals surface area contributed by atoms with E-state index in [-0.39, 0.29) is 30.5 Å². The van der Waals surface area contributed by atoms with Crippen molar-refractivity contribution in [3.05, 3.63) is 117 Å². The zero-order chi connectivity index (χ0) is 33.1. The van der Waals surface area contributed by atoms with Gasteiger partial charge in [0.15, 0.2) is 16.3 Å². The van der Waals surface area contributed by atoms with Gasteiger partial charge in [-0.2, -0.15) is 0 Å². The van der Waals surface area contributed by atoms with Gasteiger partial charge in [-0.3, -0.25) is 9.36 Å². The third kappa shape index (κ3) is 7.20. The molecular weight excluding hydrogens is 715 g/mol. The number of ether oxygens (including phenoxy) is 4. The van der Waals surface area contributed by atoms with Crippen LogP contribution in [0.3, 0.4) is 0 Å². The largest absolute Gasteiger partial charge is 0.493 e. The maximum atomic E-state index is 14.1. The number of aromatic nitrogens is 1. The molecule has 12 heteroatoms. The highest BCUT2D eigenvalue weighted by Gasteiger charge is 2.34. The number of thiazole rings is 1. The van der Waals surface area contributed by atoms with Gasteiger partial charge in [0.2, 0.25) is 0 Å². The summed E-state index contributed by atoms with van der Waals surface area (Å²) in [6.45, 7) is 7.76. The van der Waals surface area contributed by atoms with Gasteiger partial charge in [0, 0.05) is 15.6 Å². The lowest BCUT2D eigenvalue weighted by atomic mass is 9.95. The molecule has 0 fully saturated rings. The Morgan fingerprint density at radius 2 is 1.85 bits per heavy atom. The van der Waals surface area contributed by atoms with E-state index >= 15 is 0 Å². The summed E-state index contributed by atoms with van der Waals surface area (Å²) in [4.78, 5) is 32.5. The lowest BCUT2D eigenvalue weighted by Crippen LogP contribution is -2.40. The van der Waals surface area contributed by atoms with Crippen LogP contribution in [0.2, 0.25) is 10.0 Å². The minimum atomic E-state index is -0.790. The lowest BCUT2D eigenvalue weighted by molar-refractivity contribution is -0.139. The van der Waals surface area contributed by atoms with Crippen molar-refractivity contribution in [2.24, 2.45) is 4.99 Å². The highest BCUT2D eigenvalue weighted by atomic mass is 79.9. The molecule has 1 aliphatic heterocycles. The number of carbonyl (C=O) groups excluding carboxylic acids is 1. The lowest BCUT2D eigenvalue weighted by Gasteiger charge is -2.25. The van der Waals surface area contributed by atoms with Crippen LogP contribution in [0, 0.1) is 0 Å². The summed E-state index contributed by atoms with van der Waals surface area (Å²) in [6.07, 6.45) is 1.71. The minimum Gasteiger partial charge on any atom is -0.493 e. The molecule has 0 unspecified atom stereocenters. The first kappa shape index (κ1) is 33.8. The average molecular weight is 747 g/mol. The van der Waals surface area contributed by atoms with E-state index in [1.165, 1.54) is 15.9 Å². The molecule has 0 spiro atoms. The van der Waals surface area contributed by atoms with E-state index in [0.717, 1.165) is 11.1 Å². The summed E-state index contributed by atoms with van der Waals surface area (Å²) in [6, 6.07) is 15.4. The monoisotopic (exact) mass is 744 g/mol. The van der Waals surface area contributed by atoms with Crippen molar-refractivity contribution in [1.29, 1.82) is 0 Å². The molecule has 1 aliphatic rings. The Labute approximate surface area is 288 Å². The van der Waals surface area contributed by atoms with E-state index in [2.05, 4.69) is 20.9 Å². The van der Waals surface area contributed by atoms with Crippen LogP contribution in [0.5, 0.6) is 17.2 Å². The number of allylic oxidation sites excluding steroid dienone is 1. The number of benzene rings is 3. The Hall–Kier alpha value is -3.57. The topological polar surface area (TPSA) is 88.4 Å². The SMILES string of the molecule is CCOC(=O)C1=C(C)N=c2s/c(=C\c3ccc(OCc4ccc(Cl)cc4Cl)c(Br)c3)c(=O)n2[C@H]1c1ccc(OC(C)C)c(OC)c1. The Morgan fingerprint density at radius 1 is 1.09 bits per heavy atom. The third-order valence-corrected chi connectivity index (χ3v) is 9.22. The second-order valence-corrected chi connectivity index (χ2v) is 13.3. The maximum Gasteiger partial charge on any atom is 0.338 e. The summed E-state index contributed by atoms with van der Waals surface area (Å²) in [5, 5.41) is 1.07. The third-order valence-electron chi connectivity index (χ3n) is 7.04. The standard InChI is InChI=1S/C34H31BrCl2N2O6S/c1-6-43-33(41)30-19(4)38-34-39(31(30)21-9-12-27(45-18(2)3)28(15-21)42-5)32(40)29(46-34)14-20-7-11-26(24(35)13-20)44-17-22-8-10-23(36)16-25(22)37/h7-16,18,31H,6,17H2,1-5H3/b29-14-/t31-/m0/s1. The molecule has 0 saturated carbocycles. The van der Waals surface area contributed by atoms with Crippen LogP contribution in [-0.4, -0.2) is 30.4 Å². The van der Waals surface area contributed by atoms with Gasteiger partial charge in [0.05, 0.1) is 46.1 Å². The van der Waals surface area contributed by atoms with E-state index in [1.807, 2.05) is 44.2 Å². The molecule has 0 radical (unpaired) electrons. The number of rotatable bonds is 10. The Morgan fingerprint density at radius 3 is 2.52 bits per heavy atom. The van der Waals surface area contributed by atoms with Crippen molar-refractivity contribution in [3.8, 4) is 17.2 Å². The number of methoxy groups -OCH3 is 1. The second kappa shape index (κ2) is 14.5. The number of nitrogens with zero attached hydrogens (tertiary/aromatic N) is 2. The molecule has 0 aliphatic carbocycles. The summed E-state index contributed by atoms with van der Waals surface area (Å²) >= 11 is 17.1. The van der Waals surface area contributed by atoms with Crippen LogP contribution in [0.1, 0.15) is 50.4 Å². The van der Waals surface area contributed by atoms with E-state index in [1.54, 1.807) is 51.3 Å². The number of halogens is 3. The van der Waals surface area contributed by atoms with Gasteiger partial charge in [-0.25, -0.2) is 9.79 Å². The first-order valence-corrected chi connectivity index (χ1v) is 16.8. The smallest absolute Gasteiger partial charge is 0.338 e. The minimum absolute atomic E-state index is 0.0719. The van der Waals surface area contributed by atoms with E-state index in [4.69, 9.17) is 42.1 Å². The van der Waals surface area contributed by atoms with Crippen LogP contribution in [-0.2, 0) is 16.1 Å². The van der Waals surface area contributed by atoms with Crippen LogP contribution >= 0.6 is 50.5 Å². The molecule has 0 amide bonds. The number of fused-ring (bicyclic) bond motifs is 1. The molecule has 0 bridgehead atoms. The van der Waals surface area contributed by atoms with Gasteiger partial charge >= 0.3 is 5.97 Å². The van der Waals surface area contributed by atoms with E-state index in [9.17, 15) is 9.59 Å². The van der Waals surface area contributed by atoms with Crippen molar-refractivity contribution >= 4 is 62.5 Å². The van der Waals surface area contributed by atoms with Crippen LogP contribution in [0.4, 0.5) is 0 Å². The van der Waals surface area contributed by atoms with Gasteiger partial charge < -0.3 is 18.9 Å². The van der Waals surface area contributed by atoms with Crippen molar-refractivity contribution < 1.29 is 23.7 Å². The van der Waals surface area contributed by atoms with E-state index in [0.29, 0.717) is 52.4 Å². The number of esters is 1. The molecule has 1 aromatic heterocycles. The van der Waals surface area contributed by atoms with Crippen molar-refractivity contribution in [2.45, 2.75) is 46.4 Å². The zero-order valence-electron chi connectivity index (χ0n) is 25.7. The maximum absolute atomic E-state index is 14.1. The number of hydrogen-bond donors (Lipinski definition) is 0. The molecule has 5 rings (SSSR count).